The topological polar surface area (TPSA) is 81.4 Å². The summed E-state index contributed by atoms with van der Waals surface area (Å²) in [6, 6.07) is 9.92. The molecule has 1 aromatic carbocycles. The maximum Gasteiger partial charge on any atom is 0.226 e. The molecule has 0 saturated carbocycles. The number of allylic oxidation sites excluding steroid dienone is 1. The molecule has 1 aliphatic rings. The number of aromatic nitrogens is 3. The molecular weight excluding hydrogens is 376 g/mol. The van der Waals surface area contributed by atoms with E-state index < -0.39 is 0 Å². The number of thiophene rings is 1. The van der Waals surface area contributed by atoms with E-state index in [1.807, 2.05) is 28.9 Å². The Bertz CT molecular complexity index is 982. The number of aliphatic hydroxyl groups is 1. The van der Waals surface area contributed by atoms with Gasteiger partial charge in [0, 0.05) is 29.2 Å². The minimum Gasteiger partial charge on any atom is -0.493 e. The Balaban J connectivity index is 1.74. The van der Waals surface area contributed by atoms with Crippen molar-refractivity contribution in [2.24, 2.45) is 0 Å². The maximum absolute atomic E-state index is 9.11. The van der Waals surface area contributed by atoms with Gasteiger partial charge in [0.25, 0.3) is 0 Å². The maximum atomic E-state index is 9.11. The summed E-state index contributed by atoms with van der Waals surface area (Å²) in [6.07, 6.45) is 3.43. The van der Waals surface area contributed by atoms with Gasteiger partial charge in [-0.3, -0.25) is 0 Å². The Hall–Kier alpha value is -2.84. The van der Waals surface area contributed by atoms with Crippen LogP contribution in [0.1, 0.15) is 28.7 Å². The van der Waals surface area contributed by atoms with Gasteiger partial charge >= 0.3 is 0 Å². The second-order valence-corrected chi connectivity index (χ2v) is 7.34. The molecule has 146 valence electrons. The van der Waals surface area contributed by atoms with Gasteiger partial charge in [-0.1, -0.05) is 6.07 Å². The molecule has 2 aromatic heterocycles. The molecule has 1 atom stereocenters. The van der Waals surface area contributed by atoms with Crippen molar-refractivity contribution in [1.82, 2.24) is 14.8 Å². The molecule has 7 nitrogen and oxygen atoms in total. The van der Waals surface area contributed by atoms with E-state index in [1.54, 1.807) is 25.6 Å². The third-order valence-electron chi connectivity index (χ3n) is 4.60. The van der Waals surface area contributed by atoms with Gasteiger partial charge < -0.3 is 19.9 Å². The number of aryl methyl sites for hydroxylation is 1. The average Bonchev–Trinajstić information content (AvgIpc) is 3.40. The first-order chi connectivity index (χ1) is 13.7. The molecule has 1 unspecified atom stereocenters. The molecule has 0 spiro atoms. The molecule has 0 saturated heterocycles. The molecule has 3 heterocycles. The van der Waals surface area contributed by atoms with Crippen LogP contribution in [0.5, 0.6) is 11.5 Å². The predicted molar refractivity (Wildman–Crippen MR) is 109 cm³/mol. The van der Waals surface area contributed by atoms with E-state index >= 15 is 0 Å². The Labute approximate surface area is 167 Å². The summed E-state index contributed by atoms with van der Waals surface area (Å²) in [7, 11) is 3.25. The van der Waals surface area contributed by atoms with Gasteiger partial charge in [0.15, 0.2) is 17.3 Å². The SMILES string of the molecule is COc1ccc(C2=CC(c3cccs3)n3nc(CCCO)nc3N2)cc1OC. The second kappa shape index (κ2) is 8.04. The van der Waals surface area contributed by atoms with Crippen LogP contribution < -0.4 is 14.8 Å². The first-order valence-electron chi connectivity index (χ1n) is 9.04. The third kappa shape index (κ3) is 3.48. The molecule has 0 bridgehead atoms. The molecule has 0 aliphatic carbocycles. The molecule has 0 amide bonds. The molecule has 0 fully saturated rings. The van der Waals surface area contributed by atoms with Crippen molar-refractivity contribution in [3.63, 3.8) is 0 Å². The number of anilines is 1. The molecule has 8 heteroatoms. The highest BCUT2D eigenvalue weighted by atomic mass is 32.1. The van der Waals surface area contributed by atoms with Crippen LogP contribution in [0.25, 0.3) is 5.70 Å². The van der Waals surface area contributed by atoms with Crippen LogP contribution in [-0.4, -0.2) is 40.7 Å². The number of aliphatic hydroxyl groups excluding tert-OH is 1. The van der Waals surface area contributed by atoms with Gasteiger partial charge in [0.2, 0.25) is 5.95 Å². The number of hydrogen-bond donors (Lipinski definition) is 2. The molecule has 0 radical (unpaired) electrons. The highest BCUT2D eigenvalue weighted by Crippen LogP contribution is 2.37. The summed E-state index contributed by atoms with van der Waals surface area (Å²) in [5.41, 5.74) is 1.92. The van der Waals surface area contributed by atoms with Crippen molar-refractivity contribution in [1.29, 1.82) is 0 Å². The number of benzene rings is 1. The number of nitrogens with one attached hydrogen (secondary N) is 1. The minimum absolute atomic E-state index is 0.0466. The van der Waals surface area contributed by atoms with E-state index in [9.17, 15) is 0 Å². The van der Waals surface area contributed by atoms with E-state index in [0.29, 0.717) is 30.3 Å². The highest BCUT2D eigenvalue weighted by Gasteiger charge is 2.26. The van der Waals surface area contributed by atoms with Gasteiger partial charge in [-0.05, 0) is 42.1 Å². The van der Waals surface area contributed by atoms with Crippen LogP contribution in [0.2, 0.25) is 0 Å². The van der Waals surface area contributed by atoms with Crippen molar-refractivity contribution in [2.45, 2.75) is 18.9 Å². The fourth-order valence-electron chi connectivity index (χ4n) is 3.21. The Kier molecular flexibility index (Phi) is 5.31. The number of ether oxygens (including phenoxy) is 2. The van der Waals surface area contributed by atoms with Crippen LogP contribution >= 0.6 is 11.3 Å². The Morgan fingerprint density at radius 2 is 2.07 bits per heavy atom. The lowest BCUT2D eigenvalue weighted by molar-refractivity contribution is 0.287. The molecule has 28 heavy (non-hydrogen) atoms. The van der Waals surface area contributed by atoms with Crippen molar-refractivity contribution < 1.29 is 14.6 Å². The first kappa shape index (κ1) is 18.5. The summed E-state index contributed by atoms with van der Waals surface area (Å²) < 4.78 is 12.7. The summed E-state index contributed by atoms with van der Waals surface area (Å²) in [6.45, 7) is 0.126. The zero-order chi connectivity index (χ0) is 19.5. The first-order valence-corrected chi connectivity index (χ1v) is 9.92. The minimum atomic E-state index is -0.0466. The van der Waals surface area contributed by atoms with E-state index in [-0.39, 0.29) is 12.6 Å². The highest BCUT2D eigenvalue weighted by molar-refractivity contribution is 7.10. The van der Waals surface area contributed by atoms with Crippen molar-refractivity contribution in [3.05, 3.63) is 58.1 Å². The monoisotopic (exact) mass is 398 g/mol. The van der Waals surface area contributed by atoms with E-state index in [2.05, 4.69) is 32.9 Å². The van der Waals surface area contributed by atoms with Crippen molar-refractivity contribution >= 4 is 23.0 Å². The van der Waals surface area contributed by atoms with Crippen LogP contribution in [0.3, 0.4) is 0 Å². The van der Waals surface area contributed by atoms with Gasteiger partial charge in [-0.2, -0.15) is 10.1 Å². The molecule has 2 N–H and O–H groups in total. The van der Waals surface area contributed by atoms with Gasteiger partial charge in [0.05, 0.1) is 14.2 Å². The molecule has 4 rings (SSSR count). The van der Waals surface area contributed by atoms with Gasteiger partial charge in [-0.25, -0.2) is 4.68 Å². The Morgan fingerprint density at radius 1 is 1.21 bits per heavy atom. The number of nitrogens with zero attached hydrogens (tertiary/aromatic N) is 3. The molecular formula is C20H22N4O3S. The number of methoxy groups -OCH3 is 2. The fraction of sp³-hybridized carbons (Fsp3) is 0.300. The zero-order valence-electron chi connectivity index (χ0n) is 15.8. The van der Waals surface area contributed by atoms with E-state index in [4.69, 9.17) is 14.6 Å². The summed E-state index contributed by atoms with van der Waals surface area (Å²) >= 11 is 1.69. The fourth-order valence-corrected chi connectivity index (χ4v) is 3.99. The smallest absolute Gasteiger partial charge is 0.226 e. The zero-order valence-corrected chi connectivity index (χ0v) is 16.6. The van der Waals surface area contributed by atoms with E-state index in [1.165, 1.54) is 4.88 Å². The Morgan fingerprint density at radius 3 is 2.79 bits per heavy atom. The number of hydrogen-bond acceptors (Lipinski definition) is 7. The quantitative estimate of drug-likeness (QED) is 0.635. The standard InChI is InChI=1S/C20H22N4O3S/c1-26-16-8-7-13(11-17(16)27-2)14-12-15(18-5-4-10-28-18)24-20(21-14)22-19(23-24)6-3-9-25/h4-5,7-8,10-12,15,25H,3,6,9H2,1-2H3,(H,21,22,23). The molecule has 1 aliphatic heterocycles. The van der Waals surface area contributed by atoms with Crippen LogP contribution in [0.15, 0.2) is 41.8 Å². The van der Waals surface area contributed by atoms with Gasteiger partial charge in [0.1, 0.15) is 6.04 Å². The summed E-state index contributed by atoms with van der Waals surface area (Å²) in [5, 5.41) is 19.2. The van der Waals surface area contributed by atoms with E-state index in [0.717, 1.165) is 17.1 Å². The average molecular weight is 398 g/mol. The predicted octanol–water partition coefficient (Wildman–Crippen LogP) is 3.34. The number of rotatable bonds is 7. The largest absolute Gasteiger partial charge is 0.493 e. The second-order valence-electron chi connectivity index (χ2n) is 6.36. The van der Waals surface area contributed by atoms with Crippen LogP contribution in [0, 0.1) is 0 Å². The normalized spacial score (nSPS) is 15.5. The number of fused-ring (bicyclic) bond motifs is 1. The van der Waals surface area contributed by atoms with Crippen LogP contribution in [0.4, 0.5) is 5.95 Å². The lowest BCUT2D eigenvalue weighted by Gasteiger charge is -2.23. The van der Waals surface area contributed by atoms with Gasteiger partial charge in [-0.15, -0.1) is 11.3 Å². The van der Waals surface area contributed by atoms with Crippen molar-refractivity contribution in [3.8, 4) is 11.5 Å². The summed E-state index contributed by atoms with van der Waals surface area (Å²) in [5.74, 6) is 2.77. The summed E-state index contributed by atoms with van der Waals surface area (Å²) in [4.78, 5) is 5.82. The molecule has 3 aromatic rings. The third-order valence-corrected chi connectivity index (χ3v) is 5.54. The van der Waals surface area contributed by atoms with Crippen LogP contribution in [-0.2, 0) is 6.42 Å². The lowest BCUT2D eigenvalue weighted by atomic mass is 10.1. The lowest BCUT2D eigenvalue weighted by Crippen LogP contribution is -2.19. The van der Waals surface area contributed by atoms with Crippen molar-refractivity contribution in [2.75, 3.05) is 26.1 Å².